The summed E-state index contributed by atoms with van der Waals surface area (Å²) in [5, 5.41) is 3.39. The summed E-state index contributed by atoms with van der Waals surface area (Å²) in [6.45, 7) is 0. The van der Waals surface area contributed by atoms with Crippen molar-refractivity contribution in [1.29, 1.82) is 0 Å². The molecule has 0 fully saturated rings. The van der Waals surface area contributed by atoms with Gasteiger partial charge in [-0.25, -0.2) is 4.79 Å². The molecule has 0 saturated carbocycles. The van der Waals surface area contributed by atoms with Crippen LogP contribution in [0.5, 0.6) is 6.08 Å². The predicted molar refractivity (Wildman–Crippen MR) is 51.4 cm³/mol. The normalized spacial score (nSPS) is 11.3. The molecule has 0 radical (unpaired) electrons. The van der Waals surface area contributed by atoms with Crippen LogP contribution in [-0.2, 0) is 4.79 Å². The topological polar surface area (TPSA) is 65.2 Å². The number of nitrogens with zero attached hydrogens (tertiary/aromatic N) is 2. The summed E-state index contributed by atoms with van der Waals surface area (Å²) in [6, 6.07) is 8.37. The number of hydrogen-bond acceptors (Lipinski definition) is 5. The molecule has 94 valence electrons. The zero-order valence-electron chi connectivity index (χ0n) is 8.64. The van der Waals surface area contributed by atoms with Crippen LogP contribution in [0.4, 0.5) is 13.2 Å². The van der Waals surface area contributed by atoms with Gasteiger partial charge in [-0.05, 0) is 0 Å². The summed E-state index contributed by atoms with van der Waals surface area (Å²) >= 11 is 0. The molecule has 0 amide bonds. The molecule has 18 heavy (non-hydrogen) atoms. The molecule has 1 heterocycles. The molecule has 1 aromatic heterocycles. The molecule has 0 unspecified atom stereocenters. The molecule has 0 saturated heterocycles. The van der Waals surface area contributed by atoms with E-state index in [0.29, 0.717) is 5.56 Å². The number of halogens is 3. The number of benzene rings is 1. The van der Waals surface area contributed by atoms with Crippen LogP contribution < -0.4 is 4.74 Å². The van der Waals surface area contributed by atoms with Gasteiger partial charge in [0, 0.05) is 5.56 Å². The average Bonchev–Trinajstić information content (AvgIpc) is 2.77. The van der Waals surface area contributed by atoms with Crippen LogP contribution in [0.25, 0.3) is 11.4 Å². The minimum absolute atomic E-state index is 0.0283. The Hall–Kier alpha value is -2.38. The van der Waals surface area contributed by atoms with Crippen LogP contribution >= 0.6 is 0 Å². The van der Waals surface area contributed by atoms with Crippen LogP contribution in [0.3, 0.4) is 0 Å². The minimum atomic E-state index is -5.11. The monoisotopic (exact) mass is 258 g/mol. The quantitative estimate of drug-likeness (QED) is 0.772. The number of ether oxygens (including phenoxy) is 1. The van der Waals surface area contributed by atoms with Crippen molar-refractivity contribution < 1.29 is 27.2 Å². The van der Waals surface area contributed by atoms with Crippen molar-refractivity contribution in [3.63, 3.8) is 0 Å². The predicted octanol–water partition coefficient (Wildman–Crippen LogP) is 2.20. The van der Waals surface area contributed by atoms with E-state index in [1.807, 2.05) is 0 Å². The van der Waals surface area contributed by atoms with Crippen LogP contribution in [0, 0.1) is 0 Å². The summed E-state index contributed by atoms with van der Waals surface area (Å²) in [6.07, 6.45) is -5.96. The first-order chi connectivity index (χ1) is 8.47. The van der Waals surface area contributed by atoms with Gasteiger partial charge in [0.15, 0.2) is 0 Å². The van der Waals surface area contributed by atoms with Gasteiger partial charge in [-0.15, -0.1) is 0 Å². The first-order valence-electron chi connectivity index (χ1n) is 4.65. The molecular weight excluding hydrogens is 253 g/mol. The van der Waals surface area contributed by atoms with Gasteiger partial charge in [-0.2, -0.15) is 18.2 Å². The summed E-state index contributed by atoms with van der Waals surface area (Å²) in [7, 11) is 0. The molecule has 0 aliphatic rings. The maximum Gasteiger partial charge on any atom is 0.491 e. The number of alkyl halides is 3. The number of aromatic nitrogens is 2. The minimum Gasteiger partial charge on any atom is -0.369 e. The van der Waals surface area contributed by atoms with Gasteiger partial charge in [-0.3, -0.25) is 4.52 Å². The molecule has 0 aliphatic carbocycles. The number of carbonyl (C=O) groups is 1. The molecule has 8 heteroatoms. The number of esters is 1. The fourth-order valence-corrected chi connectivity index (χ4v) is 1.09. The molecule has 0 atom stereocenters. The molecule has 2 rings (SSSR count). The molecule has 0 spiro atoms. The van der Waals surface area contributed by atoms with E-state index in [2.05, 4.69) is 19.4 Å². The lowest BCUT2D eigenvalue weighted by Crippen LogP contribution is -2.28. The Kier molecular flexibility index (Phi) is 3.00. The van der Waals surface area contributed by atoms with Crippen molar-refractivity contribution >= 4 is 5.97 Å². The summed E-state index contributed by atoms with van der Waals surface area (Å²) < 4.78 is 44.0. The second kappa shape index (κ2) is 4.47. The zero-order chi connectivity index (χ0) is 13.2. The van der Waals surface area contributed by atoms with E-state index in [1.165, 1.54) is 0 Å². The summed E-state index contributed by atoms with van der Waals surface area (Å²) in [5.41, 5.74) is 0.524. The van der Waals surface area contributed by atoms with E-state index < -0.39 is 18.2 Å². The largest absolute Gasteiger partial charge is 0.491 e. The molecule has 0 N–H and O–H groups in total. The Balaban J connectivity index is 2.15. The van der Waals surface area contributed by atoms with Crippen molar-refractivity contribution in [2.75, 3.05) is 0 Å². The highest BCUT2D eigenvalue weighted by molar-refractivity contribution is 5.77. The average molecular weight is 258 g/mol. The van der Waals surface area contributed by atoms with Crippen LogP contribution in [0.15, 0.2) is 34.9 Å². The van der Waals surface area contributed by atoms with Gasteiger partial charge in [0.25, 0.3) is 0 Å². The third kappa shape index (κ3) is 2.65. The third-order valence-electron chi connectivity index (χ3n) is 1.85. The number of rotatable bonds is 2. The fraction of sp³-hybridized carbons (Fsp3) is 0.100. The van der Waals surface area contributed by atoms with Gasteiger partial charge < -0.3 is 4.74 Å². The van der Waals surface area contributed by atoms with Crippen molar-refractivity contribution in [1.82, 2.24) is 10.1 Å². The Labute approximate surface area is 98.2 Å². The number of hydrogen-bond donors (Lipinski definition) is 0. The maximum atomic E-state index is 11.9. The summed E-state index contributed by atoms with van der Waals surface area (Å²) in [4.78, 5) is 14.0. The first-order valence-corrected chi connectivity index (χ1v) is 4.65. The highest BCUT2D eigenvalue weighted by Crippen LogP contribution is 2.21. The molecule has 2 aromatic rings. The molecule has 0 aliphatic heterocycles. The molecule has 1 aromatic carbocycles. The van der Waals surface area contributed by atoms with Gasteiger partial charge >= 0.3 is 18.2 Å². The van der Waals surface area contributed by atoms with Crippen molar-refractivity contribution in [3.8, 4) is 17.5 Å². The Morgan fingerprint density at radius 1 is 1.22 bits per heavy atom. The van der Waals surface area contributed by atoms with E-state index in [1.54, 1.807) is 30.3 Å². The zero-order valence-corrected chi connectivity index (χ0v) is 8.64. The van der Waals surface area contributed by atoms with Crippen LogP contribution in [-0.4, -0.2) is 22.3 Å². The van der Waals surface area contributed by atoms with Gasteiger partial charge in [-0.1, -0.05) is 35.5 Å². The van der Waals surface area contributed by atoms with Crippen LogP contribution in [0.1, 0.15) is 0 Å². The van der Waals surface area contributed by atoms with E-state index in [0.717, 1.165) is 0 Å². The van der Waals surface area contributed by atoms with Gasteiger partial charge in [0.2, 0.25) is 5.82 Å². The van der Waals surface area contributed by atoms with Crippen molar-refractivity contribution in [3.05, 3.63) is 30.3 Å². The lowest BCUT2D eigenvalue weighted by molar-refractivity contribution is -0.191. The highest BCUT2D eigenvalue weighted by Gasteiger charge is 2.42. The fourth-order valence-electron chi connectivity index (χ4n) is 1.09. The molecular formula is C10H5F3N2O3. The third-order valence-corrected chi connectivity index (χ3v) is 1.85. The number of carbonyl (C=O) groups excluding carboxylic acids is 1. The van der Waals surface area contributed by atoms with E-state index in [9.17, 15) is 18.0 Å². The van der Waals surface area contributed by atoms with E-state index >= 15 is 0 Å². The molecule has 0 bridgehead atoms. The van der Waals surface area contributed by atoms with Crippen LogP contribution in [0.2, 0.25) is 0 Å². The van der Waals surface area contributed by atoms with E-state index in [4.69, 9.17) is 0 Å². The Bertz CT molecular complexity index is 551. The second-order valence-corrected chi connectivity index (χ2v) is 3.14. The molecule has 5 nitrogen and oxygen atoms in total. The Morgan fingerprint density at radius 2 is 1.89 bits per heavy atom. The first kappa shape index (κ1) is 12.1. The van der Waals surface area contributed by atoms with Crippen molar-refractivity contribution in [2.24, 2.45) is 0 Å². The van der Waals surface area contributed by atoms with E-state index in [-0.39, 0.29) is 5.82 Å². The summed E-state index contributed by atoms with van der Waals surface area (Å²) in [5.74, 6) is -2.38. The highest BCUT2D eigenvalue weighted by atomic mass is 19.4. The SMILES string of the molecule is O=C(Oc1nc(-c2ccccc2)no1)C(F)(F)F. The maximum absolute atomic E-state index is 11.9. The lowest BCUT2D eigenvalue weighted by atomic mass is 10.2. The van der Waals surface area contributed by atoms with Crippen molar-refractivity contribution in [2.45, 2.75) is 6.18 Å². The van der Waals surface area contributed by atoms with Gasteiger partial charge in [0.1, 0.15) is 0 Å². The van der Waals surface area contributed by atoms with Gasteiger partial charge in [0.05, 0.1) is 0 Å². The smallest absolute Gasteiger partial charge is 0.369 e. The Morgan fingerprint density at radius 3 is 2.50 bits per heavy atom. The second-order valence-electron chi connectivity index (χ2n) is 3.14. The standard InChI is InChI=1S/C10H5F3N2O3/c11-10(12,13)8(16)17-9-14-7(15-18-9)6-4-2-1-3-5-6/h1-5H. The lowest BCUT2D eigenvalue weighted by Gasteiger charge is -2.01.